The van der Waals surface area contributed by atoms with E-state index in [1.807, 2.05) is 17.5 Å². The van der Waals surface area contributed by atoms with Gasteiger partial charge in [0.25, 0.3) is 11.1 Å². The fourth-order valence-electron chi connectivity index (χ4n) is 2.21. The van der Waals surface area contributed by atoms with Crippen LogP contribution in [0.15, 0.2) is 27.2 Å². The Morgan fingerprint density at radius 1 is 1.36 bits per heavy atom. The van der Waals surface area contributed by atoms with Gasteiger partial charge < -0.3 is 19.0 Å². The van der Waals surface area contributed by atoms with Crippen molar-refractivity contribution in [3.05, 3.63) is 17.5 Å². The number of likely N-dealkylation sites (N-methyl/N-ethyl adjacent to an activating group) is 1. The number of aromatic nitrogens is 2. The van der Waals surface area contributed by atoms with Gasteiger partial charge in [-0.2, -0.15) is 0 Å². The molecule has 8 nitrogen and oxygen atoms in total. The SMILES string of the molecule is CN(CC(=O)N1CCOCC1)C(=O)CSc1nnc(-c2cccs2)o1. The lowest BCUT2D eigenvalue weighted by Gasteiger charge is -2.28. The van der Waals surface area contributed by atoms with Crippen molar-refractivity contribution in [1.82, 2.24) is 20.0 Å². The number of thiophene rings is 1. The number of ether oxygens (including phenoxy) is 1. The first-order valence-corrected chi connectivity index (χ1v) is 9.59. The Morgan fingerprint density at radius 3 is 2.88 bits per heavy atom. The van der Waals surface area contributed by atoms with E-state index in [1.165, 1.54) is 28.0 Å². The molecule has 0 radical (unpaired) electrons. The highest BCUT2D eigenvalue weighted by Crippen LogP contribution is 2.26. The van der Waals surface area contributed by atoms with Crippen LogP contribution in [0.3, 0.4) is 0 Å². The molecule has 2 aromatic rings. The van der Waals surface area contributed by atoms with E-state index in [9.17, 15) is 9.59 Å². The zero-order valence-electron chi connectivity index (χ0n) is 13.7. The van der Waals surface area contributed by atoms with E-state index in [1.54, 1.807) is 11.9 Å². The van der Waals surface area contributed by atoms with Crippen molar-refractivity contribution in [1.29, 1.82) is 0 Å². The van der Waals surface area contributed by atoms with Crippen LogP contribution in [0.4, 0.5) is 0 Å². The van der Waals surface area contributed by atoms with Crippen LogP contribution >= 0.6 is 23.1 Å². The van der Waals surface area contributed by atoms with E-state index in [0.717, 1.165) is 4.88 Å². The molecule has 25 heavy (non-hydrogen) atoms. The minimum absolute atomic E-state index is 0.0592. The molecule has 10 heteroatoms. The van der Waals surface area contributed by atoms with Crippen molar-refractivity contribution in [3.8, 4) is 10.8 Å². The topological polar surface area (TPSA) is 88.8 Å². The third-order valence-corrected chi connectivity index (χ3v) is 5.28. The minimum Gasteiger partial charge on any atom is -0.410 e. The number of carbonyl (C=O) groups excluding carboxylic acids is 2. The lowest BCUT2D eigenvalue weighted by molar-refractivity contribution is -0.140. The molecular formula is C15H18N4O4S2. The van der Waals surface area contributed by atoms with Crippen LogP contribution in [0.25, 0.3) is 10.8 Å². The van der Waals surface area contributed by atoms with Crippen LogP contribution in [0.2, 0.25) is 0 Å². The molecule has 1 aliphatic heterocycles. The number of hydrogen-bond acceptors (Lipinski definition) is 8. The smallest absolute Gasteiger partial charge is 0.277 e. The maximum atomic E-state index is 12.2. The Labute approximate surface area is 153 Å². The number of carbonyl (C=O) groups is 2. The molecule has 1 saturated heterocycles. The fourth-order valence-corrected chi connectivity index (χ4v) is 3.55. The molecule has 1 fully saturated rings. The maximum Gasteiger partial charge on any atom is 0.277 e. The summed E-state index contributed by atoms with van der Waals surface area (Å²) in [5.74, 6) is 0.351. The first-order chi connectivity index (χ1) is 12.1. The highest BCUT2D eigenvalue weighted by Gasteiger charge is 2.21. The molecule has 0 aromatic carbocycles. The number of rotatable bonds is 6. The number of nitrogens with zero attached hydrogens (tertiary/aromatic N) is 4. The van der Waals surface area contributed by atoms with E-state index < -0.39 is 0 Å². The summed E-state index contributed by atoms with van der Waals surface area (Å²) in [7, 11) is 1.62. The Bertz CT molecular complexity index is 713. The Balaban J connectivity index is 1.46. The van der Waals surface area contributed by atoms with Gasteiger partial charge in [0, 0.05) is 20.1 Å². The van der Waals surface area contributed by atoms with Crippen molar-refractivity contribution < 1.29 is 18.7 Å². The molecule has 0 atom stereocenters. The van der Waals surface area contributed by atoms with E-state index in [4.69, 9.17) is 9.15 Å². The van der Waals surface area contributed by atoms with Gasteiger partial charge in [-0.25, -0.2) is 0 Å². The molecule has 1 aliphatic rings. The third-order valence-electron chi connectivity index (χ3n) is 3.62. The van der Waals surface area contributed by atoms with Gasteiger partial charge in [-0.05, 0) is 11.4 Å². The van der Waals surface area contributed by atoms with Gasteiger partial charge in [-0.3, -0.25) is 9.59 Å². The molecule has 0 unspecified atom stereocenters. The highest BCUT2D eigenvalue weighted by molar-refractivity contribution is 7.99. The second kappa shape index (κ2) is 8.45. The zero-order valence-corrected chi connectivity index (χ0v) is 15.3. The highest BCUT2D eigenvalue weighted by atomic mass is 32.2. The molecule has 134 valence electrons. The normalized spacial score (nSPS) is 14.5. The van der Waals surface area contributed by atoms with E-state index in [2.05, 4.69) is 10.2 Å². The summed E-state index contributed by atoms with van der Waals surface area (Å²) in [6, 6.07) is 3.80. The van der Waals surface area contributed by atoms with Gasteiger partial charge in [0.05, 0.1) is 30.4 Å². The summed E-state index contributed by atoms with van der Waals surface area (Å²) in [4.78, 5) is 28.4. The molecule has 0 spiro atoms. The van der Waals surface area contributed by atoms with Gasteiger partial charge in [-0.15, -0.1) is 21.5 Å². The van der Waals surface area contributed by atoms with E-state index >= 15 is 0 Å². The van der Waals surface area contributed by atoms with Crippen molar-refractivity contribution in [3.63, 3.8) is 0 Å². The molecule has 0 N–H and O–H groups in total. The quantitative estimate of drug-likeness (QED) is 0.694. The van der Waals surface area contributed by atoms with Gasteiger partial charge in [0.15, 0.2) is 0 Å². The Kier molecular flexibility index (Phi) is 6.05. The predicted molar refractivity (Wildman–Crippen MR) is 93.4 cm³/mol. The summed E-state index contributed by atoms with van der Waals surface area (Å²) in [6.45, 7) is 2.29. The van der Waals surface area contributed by atoms with E-state index in [0.29, 0.717) is 37.4 Å². The van der Waals surface area contributed by atoms with Crippen molar-refractivity contribution >= 4 is 34.9 Å². The number of amides is 2. The molecule has 0 aliphatic carbocycles. The Morgan fingerprint density at radius 2 is 2.16 bits per heavy atom. The number of hydrogen-bond donors (Lipinski definition) is 0. The monoisotopic (exact) mass is 382 g/mol. The lowest BCUT2D eigenvalue weighted by atomic mass is 10.4. The summed E-state index contributed by atoms with van der Waals surface area (Å²) in [5.41, 5.74) is 0. The number of thioether (sulfide) groups is 1. The number of morpholine rings is 1. The van der Waals surface area contributed by atoms with E-state index in [-0.39, 0.29) is 24.1 Å². The maximum absolute atomic E-state index is 12.2. The van der Waals surface area contributed by atoms with Crippen molar-refractivity contribution in [2.75, 3.05) is 45.6 Å². The summed E-state index contributed by atoms with van der Waals surface area (Å²) in [5, 5.41) is 10.2. The summed E-state index contributed by atoms with van der Waals surface area (Å²) >= 11 is 2.67. The van der Waals surface area contributed by atoms with Crippen LogP contribution in [0.1, 0.15) is 0 Å². The van der Waals surface area contributed by atoms with Gasteiger partial charge in [0.1, 0.15) is 0 Å². The van der Waals surface area contributed by atoms with Crippen LogP contribution < -0.4 is 0 Å². The third kappa shape index (κ3) is 4.80. The predicted octanol–water partition coefficient (Wildman–Crippen LogP) is 1.21. The molecule has 3 heterocycles. The van der Waals surface area contributed by atoms with Crippen LogP contribution in [0.5, 0.6) is 0 Å². The first kappa shape index (κ1) is 17.9. The average molecular weight is 382 g/mol. The largest absolute Gasteiger partial charge is 0.410 e. The molecule has 2 amide bonds. The standard InChI is InChI=1S/C15H18N4O4S2/c1-18(9-12(20)19-4-6-22-7-5-19)13(21)10-25-15-17-16-14(23-15)11-3-2-8-24-11/h2-3,8H,4-7,9-10H2,1H3. The van der Waals surface area contributed by atoms with Crippen molar-refractivity contribution in [2.24, 2.45) is 0 Å². The van der Waals surface area contributed by atoms with Crippen LogP contribution in [0, 0.1) is 0 Å². The molecular weight excluding hydrogens is 364 g/mol. The second-order valence-corrected chi connectivity index (χ2v) is 7.26. The van der Waals surface area contributed by atoms with Crippen LogP contribution in [-0.2, 0) is 14.3 Å². The zero-order chi connectivity index (χ0) is 17.6. The summed E-state index contributed by atoms with van der Waals surface area (Å²) < 4.78 is 10.7. The van der Waals surface area contributed by atoms with Gasteiger partial charge >= 0.3 is 0 Å². The minimum atomic E-state index is -0.164. The molecule has 0 bridgehead atoms. The molecule has 0 saturated carbocycles. The first-order valence-electron chi connectivity index (χ1n) is 7.73. The lowest BCUT2D eigenvalue weighted by Crippen LogP contribution is -2.46. The van der Waals surface area contributed by atoms with Crippen molar-refractivity contribution in [2.45, 2.75) is 5.22 Å². The van der Waals surface area contributed by atoms with Crippen LogP contribution in [-0.4, -0.2) is 77.5 Å². The average Bonchev–Trinajstić information content (AvgIpc) is 3.31. The summed E-state index contributed by atoms with van der Waals surface area (Å²) in [6.07, 6.45) is 0. The van der Waals surface area contributed by atoms with Gasteiger partial charge in [-0.1, -0.05) is 17.8 Å². The molecule has 2 aromatic heterocycles. The Hall–Kier alpha value is -1.91. The van der Waals surface area contributed by atoms with Gasteiger partial charge in [0.2, 0.25) is 11.8 Å². The second-order valence-electron chi connectivity index (χ2n) is 5.38. The fraction of sp³-hybridized carbons (Fsp3) is 0.467. The molecule has 3 rings (SSSR count).